The third kappa shape index (κ3) is 5.29. The highest BCUT2D eigenvalue weighted by Crippen LogP contribution is 2.29. The number of benzene rings is 3. The van der Waals surface area contributed by atoms with Crippen molar-refractivity contribution in [3.05, 3.63) is 78.4 Å². The molecule has 0 bridgehead atoms. The van der Waals surface area contributed by atoms with Crippen molar-refractivity contribution in [1.82, 2.24) is 0 Å². The van der Waals surface area contributed by atoms with Gasteiger partial charge in [0.05, 0.1) is 25.5 Å². The number of rotatable bonds is 8. The van der Waals surface area contributed by atoms with E-state index in [1.165, 1.54) is 14.2 Å². The first-order valence-electron chi connectivity index (χ1n) is 9.21. The van der Waals surface area contributed by atoms with Crippen molar-refractivity contribution < 1.29 is 23.8 Å². The van der Waals surface area contributed by atoms with E-state index in [1.54, 1.807) is 36.4 Å². The molecule has 0 aliphatic carbocycles. The normalized spacial score (nSPS) is 10.1. The summed E-state index contributed by atoms with van der Waals surface area (Å²) in [7, 11) is 3.03. The molecule has 3 aromatic carbocycles. The maximum absolute atomic E-state index is 12.5. The Balaban J connectivity index is 1.61. The molecule has 2 N–H and O–H groups in total. The zero-order valence-corrected chi connectivity index (χ0v) is 16.7. The van der Waals surface area contributed by atoms with Gasteiger partial charge in [0, 0.05) is 17.4 Å². The van der Waals surface area contributed by atoms with Crippen molar-refractivity contribution in [3.8, 4) is 11.5 Å². The fourth-order valence-corrected chi connectivity index (χ4v) is 2.77. The fraction of sp³-hybridized carbons (Fsp3) is 0.130. The maximum Gasteiger partial charge on any atom is 0.340 e. The number of nitrogens with one attached hydrogen (secondary N) is 2. The lowest BCUT2D eigenvalue weighted by Crippen LogP contribution is -2.21. The van der Waals surface area contributed by atoms with Crippen molar-refractivity contribution in [3.63, 3.8) is 0 Å². The van der Waals surface area contributed by atoms with Crippen molar-refractivity contribution >= 4 is 28.9 Å². The van der Waals surface area contributed by atoms with Gasteiger partial charge in [0.2, 0.25) is 0 Å². The molecule has 0 atom stereocenters. The summed E-state index contributed by atoms with van der Waals surface area (Å²) in [6.07, 6.45) is 0. The first-order chi connectivity index (χ1) is 14.6. The molecule has 0 heterocycles. The number of carbonyl (C=O) groups excluding carboxylic acids is 2. The van der Waals surface area contributed by atoms with Gasteiger partial charge >= 0.3 is 5.97 Å². The van der Waals surface area contributed by atoms with E-state index in [0.717, 1.165) is 5.69 Å². The topological polar surface area (TPSA) is 85.9 Å². The Morgan fingerprint density at radius 3 is 2.23 bits per heavy atom. The number of hydrogen-bond acceptors (Lipinski definition) is 6. The van der Waals surface area contributed by atoms with Crippen LogP contribution in [0.15, 0.2) is 72.8 Å². The molecule has 0 aromatic heterocycles. The van der Waals surface area contributed by atoms with E-state index in [0.29, 0.717) is 28.4 Å². The van der Waals surface area contributed by atoms with Crippen molar-refractivity contribution in [2.45, 2.75) is 0 Å². The summed E-state index contributed by atoms with van der Waals surface area (Å²) in [5.74, 6) is -0.0433. The number of para-hydroxylation sites is 2. The SMILES string of the molecule is COc1ccc(NC(=O)COC(=O)c2ccccc2Nc2ccccc2)cc1OC. The second-order valence-corrected chi connectivity index (χ2v) is 6.23. The number of hydrogen-bond donors (Lipinski definition) is 2. The lowest BCUT2D eigenvalue weighted by atomic mass is 10.1. The van der Waals surface area contributed by atoms with Crippen LogP contribution in [0.25, 0.3) is 0 Å². The van der Waals surface area contributed by atoms with Gasteiger partial charge in [-0.15, -0.1) is 0 Å². The van der Waals surface area contributed by atoms with Gasteiger partial charge in [0.15, 0.2) is 18.1 Å². The molecule has 0 aliphatic heterocycles. The molecule has 3 rings (SSSR count). The van der Waals surface area contributed by atoms with Gasteiger partial charge < -0.3 is 24.8 Å². The van der Waals surface area contributed by atoms with Crippen LogP contribution in [0, 0.1) is 0 Å². The van der Waals surface area contributed by atoms with Crippen molar-refractivity contribution in [2.24, 2.45) is 0 Å². The third-order valence-electron chi connectivity index (χ3n) is 4.20. The molecule has 0 unspecified atom stereocenters. The van der Waals surface area contributed by atoms with Gasteiger partial charge in [0.25, 0.3) is 5.91 Å². The number of ether oxygens (including phenoxy) is 3. The van der Waals surface area contributed by atoms with E-state index in [4.69, 9.17) is 14.2 Å². The number of anilines is 3. The number of amides is 1. The molecule has 3 aromatic rings. The molecular weight excluding hydrogens is 384 g/mol. The number of carbonyl (C=O) groups is 2. The Bertz CT molecular complexity index is 1020. The summed E-state index contributed by atoms with van der Waals surface area (Å²) < 4.78 is 15.6. The molecule has 0 spiro atoms. The Hall–Kier alpha value is -4.00. The van der Waals surface area contributed by atoms with Crippen LogP contribution in [0.1, 0.15) is 10.4 Å². The quantitative estimate of drug-likeness (QED) is 0.544. The molecule has 1 amide bonds. The van der Waals surface area contributed by atoms with E-state index in [2.05, 4.69) is 10.6 Å². The molecule has 7 heteroatoms. The molecule has 30 heavy (non-hydrogen) atoms. The van der Waals surface area contributed by atoms with Gasteiger partial charge in [-0.2, -0.15) is 0 Å². The Morgan fingerprint density at radius 2 is 1.50 bits per heavy atom. The van der Waals surface area contributed by atoms with Gasteiger partial charge in [-0.1, -0.05) is 30.3 Å². The van der Waals surface area contributed by atoms with E-state index in [-0.39, 0.29) is 0 Å². The molecule has 0 aliphatic rings. The standard InChI is InChI=1S/C23H22N2O5/c1-28-20-13-12-17(14-21(20)29-2)25-22(26)15-30-23(27)18-10-6-7-11-19(18)24-16-8-4-3-5-9-16/h3-14,24H,15H2,1-2H3,(H,25,26). The van der Waals surface area contributed by atoms with E-state index in [1.807, 2.05) is 36.4 Å². The molecule has 0 saturated heterocycles. The summed E-state index contributed by atoms with van der Waals surface area (Å²) in [5, 5.41) is 5.84. The smallest absolute Gasteiger partial charge is 0.340 e. The van der Waals surface area contributed by atoms with Crippen molar-refractivity contribution in [1.29, 1.82) is 0 Å². The minimum absolute atomic E-state index is 0.334. The lowest BCUT2D eigenvalue weighted by molar-refractivity contribution is -0.119. The average molecular weight is 406 g/mol. The van der Waals surface area contributed by atoms with Gasteiger partial charge in [0.1, 0.15) is 0 Å². The van der Waals surface area contributed by atoms with Gasteiger partial charge in [-0.3, -0.25) is 4.79 Å². The van der Waals surface area contributed by atoms with Crippen molar-refractivity contribution in [2.75, 3.05) is 31.5 Å². The van der Waals surface area contributed by atoms with E-state index < -0.39 is 18.5 Å². The largest absolute Gasteiger partial charge is 0.493 e. The van der Waals surface area contributed by atoms with Crippen LogP contribution in [0.3, 0.4) is 0 Å². The molecule has 0 saturated carbocycles. The predicted molar refractivity (Wildman–Crippen MR) is 115 cm³/mol. The predicted octanol–water partition coefficient (Wildman–Crippen LogP) is 4.24. The number of esters is 1. The second-order valence-electron chi connectivity index (χ2n) is 6.23. The molecule has 154 valence electrons. The molecule has 0 fully saturated rings. The van der Waals surface area contributed by atoms with Gasteiger partial charge in [-0.25, -0.2) is 4.79 Å². The summed E-state index contributed by atoms with van der Waals surface area (Å²) in [6.45, 7) is -0.424. The van der Waals surface area contributed by atoms with E-state index in [9.17, 15) is 9.59 Å². The highest BCUT2D eigenvalue weighted by molar-refractivity contribution is 5.99. The first-order valence-corrected chi connectivity index (χ1v) is 9.21. The minimum Gasteiger partial charge on any atom is -0.493 e. The van der Waals surface area contributed by atoms with E-state index >= 15 is 0 Å². The van der Waals surface area contributed by atoms with Crippen LogP contribution in [0.2, 0.25) is 0 Å². The monoisotopic (exact) mass is 406 g/mol. The Morgan fingerprint density at radius 1 is 0.800 bits per heavy atom. The first kappa shape index (κ1) is 20.7. The Labute approximate surface area is 174 Å². The summed E-state index contributed by atoms with van der Waals surface area (Å²) in [5.41, 5.74) is 2.26. The second kappa shape index (κ2) is 9.97. The van der Waals surface area contributed by atoms with Crippen LogP contribution in [-0.2, 0) is 9.53 Å². The summed E-state index contributed by atoms with van der Waals surface area (Å²) in [4.78, 5) is 24.7. The maximum atomic E-state index is 12.5. The zero-order chi connectivity index (χ0) is 21.3. The summed E-state index contributed by atoms with van der Waals surface area (Å²) in [6, 6.07) is 21.4. The number of methoxy groups -OCH3 is 2. The van der Waals surface area contributed by atoms with Gasteiger partial charge in [-0.05, 0) is 36.4 Å². The van der Waals surface area contributed by atoms with Crippen LogP contribution in [0.5, 0.6) is 11.5 Å². The highest BCUT2D eigenvalue weighted by atomic mass is 16.5. The average Bonchev–Trinajstić information content (AvgIpc) is 2.78. The minimum atomic E-state index is -0.600. The fourth-order valence-electron chi connectivity index (χ4n) is 2.77. The van der Waals surface area contributed by atoms with Crippen LogP contribution in [0.4, 0.5) is 17.1 Å². The lowest BCUT2D eigenvalue weighted by Gasteiger charge is -2.12. The Kier molecular flexibility index (Phi) is 6.89. The molecule has 7 nitrogen and oxygen atoms in total. The summed E-state index contributed by atoms with van der Waals surface area (Å²) >= 11 is 0. The highest BCUT2D eigenvalue weighted by Gasteiger charge is 2.15. The zero-order valence-electron chi connectivity index (χ0n) is 16.7. The van der Waals surface area contributed by atoms with Crippen LogP contribution >= 0.6 is 0 Å². The molecular formula is C23H22N2O5. The molecule has 0 radical (unpaired) electrons. The third-order valence-corrected chi connectivity index (χ3v) is 4.20. The van der Waals surface area contributed by atoms with Crippen LogP contribution in [-0.4, -0.2) is 32.7 Å². The van der Waals surface area contributed by atoms with Crippen LogP contribution < -0.4 is 20.1 Å².